The first-order valence-electron chi connectivity index (χ1n) is 10.0. The maximum absolute atomic E-state index is 12.4. The van der Waals surface area contributed by atoms with Crippen LogP contribution in [-0.2, 0) is 4.74 Å². The summed E-state index contributed by atoms with van der Waals surface area (Å²) in [5.41, 5.74) is -1.21. The van der Waals surface area contributed by atoms with Crippen molar-refractivity contribution in [2.45, 2.75) is 52.4 Å². The van der Waals surface area contributed by atoms with Crippen molar-refractivity contribution >= 4 is 6.09 Å². The Morgan fingerprint density at radius 1 is 1.60 bits per heavy atom. The van der Waals surface area contributed by atoms with E-state index in [2.05, 4.69) is 0 Å². The van der Waals surface area contributed by atoms with Crippen molar-refractivity contribution in [2.75, 3.05) is 13.0 Å². The summed E-state index contributed by atoms with van der Waals surface area (Å²) >= 11 is 0. The van der Waals surface area contributed by atoms with Gasteiger partial charge in [0.1, 0.15) is 5.60 Å². The molecule has 1 heterocycles. The first-order chi connectivity index (χ1) is 11.0. The van der Waals surface area contributed by atoms with Gasteiger partial charge >= 0.3 is 6.09 Å². The van der Waals surface area contributed by atoms with Crippen LogP contribution in [0.3, 0.4) is 0 Å². The second kappa shape index (κ2) is 4.86. The first-order valence-corrected chi connectivity index (χ1v) is 4.53. The van der Waals surface area contributed by atoms with Gasteiger partial charge in [0.25, 0.3) is 0 Å². The summed E-state index contributed by atoms with van der Waals surface area (Å²) in [7, 11) is 0. The summed E-state index contributed by atoms with van der Waals surface area (Å²) in [6, 6.07) is 0. The lowest BCUT2D eigenvalue weighted by atomic mass is 9.95. The van der Waals surface area contributed by atoms with Crippen LogP contribution in [0.15, 0.2) is 0 Å². The van der Waals surface area contributed by atoms with Crippen molar-refractivity contribution in [3.8, 4) is 0 Å². The molecule has 0 aromatic carbocycles. The summed E-state index contributed by atoms with van der Waals surface area (Å²) in [6.07, 6.45) is -11.9. The highest BCUT2D eigenvalue weighted by atomic mass is 16.6. The smallest absolute Gasteiger partial charge is 0.410 e. The minimum atomic E-state index is -3.63. The second-order valence-corrected chi connectivity index (χ2v) is 3.91. The van der Waals surface area contributed by atoms with E-state index in [1.54, 1.807) is 0 Å². The fraction of sp³-hybridized carbons (Fsp3) is 0.917. The number of carbonyl (C=O) groups excluding carboxylic acids is 1. The maximum Gasteiger partial charge on any atom is 0.410 e. The molecule has 0 aromatic heterocycles. The number of hydrogen-bond donors (Lipinski definition) is 0. The molecule has 0 unspecified atom stereocenters. The van der Waals surface area contributed by atoms with Crippen LogP contribution in [-0.4, -0.2) is 29.6 Å². The Kier molecular flexibility index (Phi) is 1.28. The molecule has 0 spiro atoms. The zero-order valence-electron chi connectivity index (χ0n) is 20.3. The number of piperidine rings is 1. The van der Waals surface area contributed by atoms with E-state index in [9.17, 15) is 4.79 Å². The van der Waals surface area contributed by atoms with Crippen LogP contribution in [0.25, 0.3) is 0 Å². The Morgan fingerprint density at radius 3 is 2.53 bits per heavy atom. The predicted octanol–water partition coefficient (Wildman–Crippen LogP) is 3.04. The Bertz CT molecular complexity index is 563. The molecule has 1 aliphatic rings. The molecule has 0 saturated carbocycles. The number of nitrogens with zero attached hydrogens (tertiary/aromatic N) is 1. The van der Waals surface area contributed by atoms with E-state index < -0.39 is 49.7 Å². The summed E-state index contributed by atoms with van der Waals surface area (Å²) in [5.74, 6) is -3.53. The van der Waals surface area contributed by atoms with Crippen LogP contribution >= 0.6 is 0 Å². The fourth-order valence-electron chi connectivity index (χ4n) is 0.807. The number of ether oxygens (including phenoxy) is 1. The third-order valence-electron chi connectivity index (χ3n) is 1.41. The molecular formula is C12H23NO2. The Labute approximate surface area is 108 Å². The lowest BCUT2D eigenvalue weighted by Gasteiger charge is -2.33. The SMILES string of the molecule is [2H]C([2H])(C)C1([2H])C([2H])([2H])C([2H])([2H])N(C(=O)OC(C)(C)C)C([2H])([2H])C1([2H])[2H]. The zero-order chi connectivity index (χ0) is 21.4. The zero-order valence-corrected chi connectivity index (χ0v) is 9.26. The van der Waals surface area contributed by atoms with E-state index in [0.717, 1.165) is 0 Å². The van der Waals surface area contributed by atoms with Gasteiger partial charge in [-0.3, -0.25) is 0 Å². The topological polar surface area (TPSA) is 29.5 Å². The van der Waals surface area contributed by atoms with Crippen LogP contribution in [0.2, 0.25) is 0 Å². The van der Waals surface area contributed by atoms with Crippen molar-refractivity contribution < 1.29 is 24.6 Å². The molecule has 15 heavy (non-hydrogen) atoms. The van der Waals surface area contributed by atoms with Crippen molar-refractivity contribution in [1.82, 2.24) is 4.90 Å². The largest absolute Gasteiger partial charge is 0.444 e. The number of carbonyl (C=O) groups is 1. The molecule has 0 aromatic rings. The van der Waals surface area contributed by atoms with Crippen LogP contribution < -0.4 is 0 Å². The van der Waals surface area contributed by atoms with Gasteiger partial charge in [0.2, 0.25) is 0 Å². The molecule has 0 N–H and O–H groups in total. The first kappa shape index (κ1) is 3.94. The maximum atomic E-state index is 12.4. The average molecular weight is 224 g/mol. The fourth-order valence-corrected chi connectivity index (χ4v) is 0.807. The van der Waals surface area contributed by atoms with E-state index >= 15 is 0 Å². The summed E-state index contributed by atoms with van der Waals surface area (Å²) in [4.78, 5) is 12.1. The van der Waals surface area contributed by atoms with Crippen molar-refractivity contribution in [3.63, 3.8) is 0 Å². The van der Waals surface area contributed by atoms with E-state index in [1.807, 2.05) is 0 Å². The van der Waals surface area contributed by atoms with Crippen LogP contribution in [0.1, 0.15) is 61.9 Å². The molecule has 0 atom stereocenters. The third kappa shape index (κ3) is 4.10. The van der Waals surface area contributed by atoms with Crippen LogP contribution in [0.5, 0.6) is 0 Å². The van der Waals surface area contributed by atoms with Gasteiger partial charge in [-0.15, -0.1) is 0 Å². The molecule has 1 rings (SSSR count). The molecule has 3 nitrogen and oxygen atoms in total. The number of amides is 1. The lowest BCUT2D eigenvalue weighted by Crippen LogP contribution is -2.41. The van der Waals surface area contributed by atoms with Gasteiger partial charge in [-0.2, -0.15) is 0 Å². The minimum Gasteiger partial charge on any atom is -0.444 e. The molecule has 1 amide bonds. The van der Waals surface area contributed by atoms with Gasteiger partial charge in [0.15, 0.2) is 0 Å². The molecular weight excluding hydrogens is 190 g/mol. The average Bonchev–Trinajstić information content (AvgIpc) is 2.30. The molecule has 0 bridgehead atoms. The van der Waals surface area contributed by atoms with E-state index in [-0.39, 0.29) is 4.90 Å². The third-order valence-corrected chi connectivity index (χ3v) is 1.41. The summed E-state index contributed by atoms with van der Waals surface area (Å²) in [6.45, 7) is -2.29. The quantitative estimate of drug-likeness (QED) is 0.685. The number of likely N-dealkylation sites (tertiary alicyclic amines) is 1. The van der Waals surface area contributed by atoms with Crippen molar-refractivity contribution in [2.24, 2.45) is 5.89 Å². The summed E-state index contributed by atoms with van der Waals surface area (Å²) in [5, 5.41) is 0. The van der Waals surface area contributed by atoms with Gasteiger partial charge < -0.3 is 9.64 Å². The minimum absolute atomic E-state index is 0.343. The van der Waals surface area contributed by atoms with Crippen molar-refractivity contribution in [3.05, 3.63) is 0 Å². The Hall–Kier alpha value is -0.730. The Balaban J connectivity index is 3.80. The van der Waals surface area contributed by atoms with Gasteiger partial charge in [-0.05, 0) is 39.4 Å². The van der Waals surface area contributed by atoms with Crippen molar-refractivity contribution in [1.29, 1.82) is 0 Å². The van der Waals surface area contributed by atoms with Crippen LogP contribution in [0.4, 0.5) is 4.79 Å². The lowest BCUT2D eigenvalue weighted by molar-refractivity contribution is 0.0183. The van der Waals surface area contributed by atoms with Gasteiger partial charge in [0.05, 0.1) is 0 Å². The monoisotopic (exact) mass is 224 g/mol. The molecule has 1 aliphatic heterocycles. The van der Waals surface area contributed by atoms with Crippen LogP contribution in [0, 0.1) is 5.89 Å². The molecule has 0 radical (unpaired) electrons. The Morgan fingerprint density at radius 2 is 2.13 bits per heavy atom. The number of hydrogen-bond acceptors (Lipinski definition) is 2. The highest BCUT2D eigenvalue weighted by Gasteiger charge is 2.25. The molecule has 0 aliphatic carbocycles. The highest BCUT2D eigenvalue weighted by Crippen LogP contribution is 2.21. The molecule has 1 saturated heterocycles. The van der Waals surface area contributed by atoms with Gasteiger partial charge in [-0.1, -0.05) is 13.3 Å². The van der Waals surface area contributed by atoms with E-state index in [1.165, 1.54) is 20.8 Å². The number of rotatable bonds is 1. The van der Waals surface area contributed by atoms with Gasteiger partial charge in [0, 0.05) is 28.1 Å². The molecule has 3 heteroatoms. The second-order valence-electron chi connectivity index (χ2n) is 3.91. The molecule has 1 fully saturated rings. The predicted molar refractivity (Wildman–Crippen MR) is 60.8 cm³/mol. The highest BCUT2D eigenvalue weighted by molar-refractivity contribution is 5.68. The normalized spacial score (nSPS) is 46.4. The van der Waals surface area contributed by atoms with E-state index in [0.29, 0.717) is 6.92 Å². The standard InChI is InChI=1S/C12H23NO2/c1-5-10-6-8-13(9-7-10)11(14)15-12(2,3)4/h10H,5-9H2,1-4H3/i5D2,6D2,7D2,8D2,9D2,10D. The van der Waals surface area contributed by atoms with E-state index in [4.69, 9.17) is 19.8 Å². The van der Waals surface area contributed by atoms with Gasteiger partial charge in [-0.25, -0.2) is 4.79 Å². The molecule has 88 valence electrons. The summed E-state index contributed by atoms with van der Waals surface area (Å²) < 4.78 is 92.8.